The molecule has 0 bridgehead atoms. The van der Waals surface area contributed by atoms with E-state index in [9.17, 15) is 4.79 Å². The minimum absolute atomic E-state index is 0.225. The first-order valence-electron chi connectivity index (χ1n) is 7.84. The van der Waals surface area contributed by atoms with Gasteiger partial charge in [0.25, 0.3) is 0 Å². The van der Waals surface area contributed by atoms with Crippen molar-refractivity contribution in [2.75, 3.05) is 33.2 Å². The van der Waals surface area contributed by atoms with Crippen LogP contribution in [-0.2, 0) is 4.79 Å². The fraction of sp³-hybridized carbons (Fsp3) is 0.933. The van der Waals surface area contributed by atoms with E-state index in [0.717, 1.165) is 25.9 Å². The smallest absolute Gasteiger partial charge is 0.224 e. The largest absolute Gasteiger partial charge is 0.344 e. The number of rotatable bonds is 5. The molecule has 4 heteroatoms. The Kier molecular flexibility index (Phi) is 5.22. The van der Waals surface area contributed by atoms with Crippen molar-refractivity contribution in [1.82, 2.24) is 9.80 Å². The Bertz CT molecular complexity index is 294. The molecule has 110 valence electrons. The number of hydrogen-bond donors (Lipinski definition) is 1. The number of carbonyl (C=O) groups is 1. The average molecular weight is 267 g/mol. The normalized spacial score (nSPS) is 23.5. The van der Waals surface area contributed by atoms with Crippen LogP contribution in [0.15, 0.2) is 0 Å². The van der Waals surface area contributed by atoms with Gasteiger partial charge in [0.15, 0.2) is 0 Å². The average Bonchev–Trinajstić information content (AvgIpc) is 2.89. The van der Waals surface area contributed by atoms with Gasteiger partial charge in [0.05, 0.1) is 0 Å². The molecule has 4 nitrogen and oxygen atoms in total. The highest BCUT2D eigenvalue weighted by Gasteiger charge is 2.31. The zero-order chi connectivity index (χ0) is 13.7. The first kappa shape index (κ1) is 14.8. The van der Waals surface area contributed by atoms with Crippen LogP contribution in [0.5, 0.6) is 0 Å². The van der Waals surface area contributed by atoms with Crippen molar-refractivity contribution in [1.29, 1.82) is 0 Å². The first-order valence-corrected chi connectivity index (χ1v) is 7.84. The Hall–Kier alpha value is -0.610. The van der Waals surface area contributed by atoms with Gasteiger partial charge in [0, 0.05) is 32.1 Å². The molecule has 1 amide bonds. The highest BCUT2D eigenvalue weighted by Crippen LogP contribution is 2.29. The van der Waals surface area contributed by atoms with Gasteiger partial charge in [-0.15, -0.1) is 0 Å². The fourth-order valence-electron chi connectivity index (χ4n) is 3.29. The van der Waals surface area contributed by atoms with Crippen LogP contribution in [0.4, 0.5) is 0 Å². The number of nitrogens with two attached hydrogens (primary N) is 1. The third kappa shape index (κ3) is 4.46. The lowest BCUT2D eigenvalue weighted by atomic mass is 9.80. The molecule has 0 unspecified atom stereocenters. The molecule has 2 N–H and O–H groups in total. The van der Waals surface area contributed by atoms with Gasteiger partial charge >= 0.3 is 0 Å². The Morgan fingerprint density at radius 1 is 1.16 bits per heavy atom. The van der Waals surface area contributed by atoms with Crippen LogP contribution in [-0.4, -0.2) is 54.5 Å². The van der Waals surface area contributed by atoms with E-state index in [1.807, 2.05) is 11.9 Å². The van der Waals surface area contributed by atoms with Gasteiger partial charge in [0.2, 0.25) is 5.91 Å². The summed E-state index contributed by atoms with van der Waals surface area (Å²) in [5.74, 6) is 0.226. The number of nitrogens with zero attached hydrogens (tertiary/aromatic N) is 2. The molecule has 0 aromatic rings. The standard InChI is InChI=1S/C15H29N3O/c1-17(11-12-18-9-5-6-10-18)14(19)13-15(16)7-3-2-4-8-15/h2-13,16H2,1H3. The molecule has 0 radical (unpaired) electrons. The van der Waals surface area contributed by atoms with Gasteiger partial charge in [-0.1, -0.05) is 19.3 Å². The van der Waals surface area contributed by atoms with Gasteiger partial charge in [-0.3, -0.25) is 4.79 Å². The molecule has 0 spiro atoms. The maximum absolute atomic E-state index is 12.2. The summed E-state index contributed by atoms with van der Waals surface area (Å²) in [6, 6.07) is 0. The molecule has 19 heavy (non-hydrogen) atoms. The summed E-state index contributed by atoms with van der Waals surface area (Å²) in [4.78, 5) is 16.6. The number of carbonyl (C=O) groups excluding carboxylic acids is 1. The van der Waals surface area contributed by atoms with E-state index in [-0.39, 0.29) is 11.4 Å². The van der Waals surface area contributed by atoms with E-state index < -0.39 is 0 Å². The summed E-state index contributed by atoms with van der Waals surface area (Å²) >= 11 is 0. The Morgan fingerprint density at radius 2 is 1.79 bits per heavy atom. The summed E-state index contributed by atoms with van der Waals surface area (Å²) in [6.45, 7) is 4.25. The van der Waals surface area contributed by atoms with Crippen LogP contribution in [0.1, 0.15) is 51.4 Å². The van der Waals surface area contributed by atoms with Crippen molar-refractivity contribution in [3.63, 3.8) is 0 Å². The molecule has 1 aliphatic carbocycles. The molecule has 2 fully saturated rings. The maximum Gasteiger partial charge on any atom is 0.224 e. The minimum Gasteiger partial charge on any atom is -0.344 e. The van der Waals surface area contributed by atoms with E-state index >= 15 is 0 Å². The molecule has 1 saturated heterocycles. The van der Waals surface area contributed by atoms with Gasteiger partial charge in [0.1, 0.15) is 0 Å². The van der Waals surface area contributed by atoms with Gasteiger partial charge in [-0.2, -0.15) is 0 Å². The molecule has 1 saturated carbocycles. The molecule has 0 aromatic carbocycles. The highest BCUT2D eigenvalue weighted by molar-refractivity contribution is 5.77. The van der Waals surface area contributed by atoms with Crippen LogP contribution in [0.25, 0.3) is 0 Å². The Balaban J connectivity index is 1.71. The number of likely N-dealkylation sites (tertiary alicyclic amines) is 1. The molecular formula is C15H29N3O. The van der Waals surface area contributed by atoms with E-state index in [4.69, 9.17) is 5.73 Å². The van der Waals surface area contributed by atoms with Crippen molar-refractivity contribution in [3.05, 3.63) is 0 Å². The van der Waals surface area contributed by atoms with Crippen LogP contribution < -0.4 is 5.73 Å². The van der Waals surface area contributed by atoms with Crippen molar-refractivity contribution >= 4 is 5.91 Å². The number of likely N-dealkylation sites (N-methyl/N-ethyl adjacent to an activating group) is 1. The third-order valence-electron chi connectivity index (χ3n) is 4.73. The SMILES string of the molecule is CN(CCN1CCCC1)C(=O)CC1(N)CCCCC1. The van der Waals surface area contributed by atoms with Crippen LogP contribution in [0, 0.1) is 0 Å². The lowest BCUT2D eigenvalue weighted by Crippen LogP contribution is -2.47. The predicted molar refractivity (Wildman–Crippen MR) is 77.9 cm³/mol. The topological polar surface area (TPSA) is 49.6 Å². The predicted octanol–water partition coefficient (Wildman–Crippen LogP) is 1.59. The second kappa shape index (κ2) is 6.71. The quantitative estimate of drug-likeness (QED) is 0.823. The number of hydrogen-bond acceptors (Lipinski definition) is 3. The van der Waals surface area contributed by atoms with Gasteiger partial charge < -0.3 is 15.5 Å². The van der Waals surface area contributed by atoms with Crippen LogP contribution in [0.2, 0.25) is 0 Å². The second-order valence-electron chi connectivity index (χ2n) is 6.46. The molecule has 1 heterocycles. The maximum atomic E-state index is 12.2. The lowest BCUT2D eigenvalue weighted by molar-refractivity contribution is -0.131. The molecule has 2 aliphatic rings. The Morgan fingerprint density at radius 3 is 2.42 bits per heavy atom. The fourth-order valence-corrected chi connectivity index (χ4v) is 3.29. The van der Waals surface area contributed by atoms with Gasteiger partial charge in [-0.25, -0.2) is 0 Å². The van der Waals surface area contributed by atoms with Gasteiger partial charge in [-0.05, 0) is 38.8 Å². The summed E-state index contributed by atoms with van der Waals surface area (Å²) in [6.07, 6.45) is 8.81. The monoisotopic (exact) mass is 267 g/mol. The molecule has 0 aromatic heterocycles. The van der Waals surface area contributed by atoms with Crippen LogP contribution >= 0.6 is 0 Å². The van der Waals surface area contributed by atoms with Crippen molar-refractivity contribution in [2.24, 2.45) is 5.73 Å². The van der Waals surface area contributed by atoms with E-state index in [0.29, 0.717) is 6.42 Å². The molecular weight excluding hydrogens is 238 g/mol. The molecule has 2 rings (SSSR count). The minimum atomic E-state index is -0.225. The number of amides is 1. The van der Waals surface area contributed by atoms with Crippen LogP contribution in [0.3, 0.4) is 0 Å². The summed E-state index contributed by atoms with van der Waals surface area (Å²) in [5.41, 5.74) is 6.13. The van der Waals surface area contributed by atoms with E-state index in [2.05, 4.69) is 4.90 Å². The van der Waals surface area contributed by atoms with Crippen molar-refractivity contribution in [3.8, 4) is 0 Å². The zero-order valence-corrected chi connectivity index (χ0v) is 12.4. The van der Waals surface area contributed by atoms with E-state index in [1.54, 1.807) is 0 Å². The first-order chi connectivity index (χ1) is 9.09. The second-order valence-corrected chi connectivity index (χ2v) is 6.46. The van der Waals surface area contributed by atoms with Crippen molar-refractivity contribution < 1.29 is 4.79 Å². The van der Waals surface area contributed by atoms with Crippen molar-refractivity contribution in [2.45, 2.75) is 56.9 Å². The van der Waals surface area contributed by atoms with E-state index in [1.165, 1.54) is 45.2 Å². The molecule has 0 atom stereocenters. The summed E-state index contributed by atoms with van der Waals surface area (Å²) in [5, 5.41) is 0. The zero-order valence-electron chi connectivity index (χ0n) is 12.4. The summed E-state index contributed by atoms with van der Waals surface area (Å²) in [7, 11) is 1.92. The third-order valence-corrected chi connectivity index (χ3v) is 4.73. The Labute approximate surface area is 117 Å². The lowest BCUT2D eigenvalue weighted by Gasteiger charge is -2.34. The molecule has 1 aliphatic heterocycles. The highest BCUT2D eigenvalue weighted by atomic mass is 16.2. The summed E-state index contributed by atoms with van der Waals surface area (Å²) < 4.78 is 0.